The Kier molecular flexibility index (Phi) is 9.93. The van der Waals surface area contributed by atoms with Crippen LogP contribution in [0.3, 0.4) is 0 Å². The summed E-state index contributed by atoms with van der Waals surface area (Å²) in [4.78, 5) is 44.7. The third-order valence-corrected chi connectivity index (χ3v) is 8.48. The second-order valence-electron chi connectivity index (χ2n) is 11.2. The van der Waals surface area contributed by atoms with Gasteiger partial charge in [0.15, 0.2) is 0 Å². The van der Waals surface area contributed by atoms with Crippen molar-refractivity contribution in [2.24, 2.45) is 5.92 Å². The molecule has 3 N–H and O–H groups in total. The molecule has 13 heteroatoms. The van der Waals surface area contributed by atoms with E-state index in [9.17, 15) is 14.4 Å². The predicted octanol–water partition coefficient (Wildman–Crippen LogP) is 2.02. The van der Waals surface area contributed by atoms with Crippen molar-refractivity contribution in [2.45, 2.75) is 38.1 Å². The van der Waals surface area contributed by atoms with Crippen molar-refractivity contribution in [1.82, 2.24) is 25.6 Å². The van der Waals surface area contributed by atoms with E-state index in [1.54, 1.807) is 31.5 Å². The number of hydrogen-bond donors (Lipinski definition) is 3. The van der Waals surface area contributed by atoms with Gasteiger partial charge >= 0.3 is 0 Å². The van der Waals surface area contributed by atoms with E-state index in [4.69, 9.17) is 9.47 Å². The van der Waals surface area contributed by atoms with E-state index in [0.29, 0.717) is 54.0 Å². The van der Waals surface area contributed by atoms with Crippen LogP contribution in [-0.2, 0) is 9.59 Å². The third-order valence-electron chi connectivity index (χ3n) is 8.48. The number of aromatic nitrogens is 1. The molecule has 3 fully saturated rings. The average Bonchev–Trinajstić information content (AvgIpc) is 3.02. The zero-order valence-corrected chi connectivity index (χ0v) is 24.7. The topological polar surface area (TPSA) is 128 Å². The number of pyridine rings is 1. The Bertz CT molecular complexity index is 1310. The number of carbonyl (C=O) groups is 3. The molecule has 0 spiro atoms. The van der Waals surface area contributed by atoms with Gasteiger partial charge in [-0.2, -0.15) is 0 Å². The Morgan fingerprint density at radius 3 is 2.51 bits per heavy atom. The lowest BCUT2D eigenvalue weighted by molar-refractivity contribution is -0.133. The fourth-order valence-electron chi connectivity index (χ4n) is 5.86. The molecule has 5 rings (SSSR count). The number of nitrogens with one attached hydrogen (secondary N) is 3. The predicted molar refractivity (Wildman–Crippen MR) is 159 cm³/mol. The SMILES string of the molecule is COc1ccnc(C(=O)NN2CCC(CCN3CCN(c4cc(OC)c(NC5CCC(=O)NC5=O)cc4F)CC3)CC2)c1. The highest BCUT2D eigenvalue weighted by Crippen LogP contribution is 2.34. The second kappa shape index (κ2) is 14.0. The maximum Gasteiger partial charge on any atom is 0.284 e. The number of piperazine rings is 1. The monoisotopic (exact) mass is 597 g/mol. The van der Waals surface area contributed by atoms with Gasteiger partial charge in [-0.1, -0.05) is 0 Å². The molecular formula is C30H40FN7O5. The molecule has 3 saturated heterocycles. The Labute approximate surface area is 250 Å². The molecule has 0 bridgehead atoms. The van der Waals surface area contributed by atoms with E-state index in [0.717, 1.165) is 52.0 Å². The van der Waals surface area contributed by atoms with E-state index in [1.165, 1.54) is 13.2 Å². The number of methoxy groups -OCH3 is 2. The van der Waals surface area contributed by atoms with Crippen molar-refractivity contribution >= 4 is 29.1 Å². The summed E-state index contributed by atoms with van der Waals surface area (Å²) >= 11 is 0. The molecule has 0 radical (unpaired) electrons. The number of benzene rings is 1. The van der Waals surface area contributed by atoms with Crippen LogP contribution in [0.4, 0.5) is 15.8 Å². The lowest BCUT2D eigenvalue weighted by Crippen LogP contribution is -2.48. The number of carbonyl (C=O) groups excluding carboxylic acids is 3. The summed E-state index contributed by atoms with van der Waals surface area (Å²) in [6, 6.07) is 5.76. The number of piperidine rings is 2. The quantitative estimate of drug-likeness (QED) is 0.350. The van der Waals surface area contributed by atoms with Gasteiger partial charge in [-0.3, -0.25) is 35.0 Å². The molecule has 1 aromatic carbocycles. The minimum atomic E-state index is -0.623. The molecule has 1 atom stereocenters. The van der Waals surface area contributed by atoms with Crippen LogP contribution < -0.4 is 30.4 Å². The fraction of sp³-hybridized carbons (Fsp3) is 0.533. The zero-order chi connectivity index (χ0) is 30.3. The van der Waals surface area contributed by atoms with Crippen LogP contribution in [0.15, 0.2) is 30.5 Å². The summed E-state index contributed by atoms with van der Waals surface area (Å²) in [7, 11) is 3.07. The van der Waals surface area contributed by atoms with E-state index in [1.807, 2.05) is 9.91 Å². The summed E-state index contributed by atoms with van der Waals surface area (Å²) in [5.74, 6) is 0.304. The first-order valence-electron chi connectivity index (χ1n) is 14.8. The highest BCUT2D eigenvalue weighted by atomic mass is 19.1. The van der Waals surface area contributed by atoms with E-state index >= 15 is 4.39 Å². The first-order valence-corrected chi connectivity index (χ1v) is 14.8. The van der Waals surface area contributed by atoms with E-state index < -0.39 is 11.9 Å². The lowest BCUT2D eigenvalue weighted by atomic mass is 9.94. The molecule has 3 amide bonds. The van der Waals surface area contributed by atoms with Crippen molar-refractivity contribution < 1.29 is 28.2 Å². The zero-order valence-electron chi connectivity index (χ0n) is 24.7. The average molecular weight is 598 g/mol. The van der Waals surface area contributed by atoms with Gasteiger partial charge in [0, 0.05) is 70.1 Å². The van der Waals surface area contributed by atoms with Crippen LogP contribution in [0.25, 0.3) is 0 Å². The van der Waals surface area contributed by atoms with Crippen LogP contribution in [0.2, 0.25) is 0 Å². The van der Waals surface area contributed by atoms with Gasteiger partial charge in [0.1, 0.15) is 29.1 Å². The summed E-state index contributed by atoms with van der Waals surface area (Å²) in [5, 5.41) is 7.31. The van der Waals surface area contributed by atoms with Gasteiger partial charge in [-0.05, 0) is 44.2 Å². The molecule has 1 aromatic heterocycles. The molecule has 3 aliphatic rings. The van der Waals surface area contributed by atoms with Gasteiger partial charge in [-0.25, -0.2) is 9.40 Å². The van der Waals surface area contributed by atoms with Crippen molar-refractivity contribution in [3.05, 3.63) is 42.0 Å². The van der Waals surface area contributed by atoms with E-state index in [-0.39, 0.29) is 24.1 Å². The van der Waals surface area contributed by atoms with Crippen LogP contribution in [-0.4, -0.2) is 98.7 Å². The lowest BCUT2D eigenvalue weighted by Gasteiger charge is -2.38. The normalized spacial score (nSPS) is 20.4. The highest BCUT2D eigenvalue weighted by molar-refractivity contribution is 6.01. The van der Waals surface area contributed by atoms with Gasteiger partial charge in [0.25, 0.3) is 5.91 Å². The minimum Gasteiger partial charge on any atom is -0.497 e. The second-order valence-corrected chi connectivity index (χ2v) is 11.2. The number of nitrogens with zero attached hydrogens (tertiary/aromatic N) is 4. The summed E-state index contributed by atoms with van der Waals surface area (Å²) in [6.45, 7) is 5.64. The molecule has 43 heavy (non-hydrogen) atoms. The standard InChI is InChI=1S/C30H40FN7O5/c1-42-21-5-9-32-25(17-21)30(41)35-38-11-7-20(8-12-38)6-10-36-13-15-37(16-14-36)26-19-27(43-2)24(18-22(26)31)33-23-3-4-28(39)34-29(23)40/h5,9,17-20,23,33H,3-4,6-8,10-16H2,1-2H3,(H,35,41)(H,34,39,40). The molecule has 232 valence electrons. The Balaban J connectivity index is 1.05. The smallest absolute Gasteiger partial charge is 0.284 e. The Hall–Kier alpha value is -3.97. The summed E-state index contributed by atoms with van der Waals surface area (Å²) < 4.78 is 25.9. The molecule has 2 aromatic rings. The first-order chi connectivity index (χ1) is 20.8. The maximum absolute atomic E-state index is 15.2. The van der Waals surface area contributed by atoms with Crippen molar-refractivity contribution in [1.29, 1.82) is 0 Å². The minimum absolute atomic E-state index is 0.232. The van der Waals surface area contributed by atoms with Crippen molar-refractivity contribution in [3.8, 4) is 11.5 Å². The van der Waals surface area contributed by atoms with E-state index in [2.05, 4.69) is 25.9 Å². The van der Waals surface area contributed by atoms with Gasteiger partial charge in [-0.15, -0.1) is 0 Å². The Morgan fingerprint density at radius 2 is 1.81 bits per heavy atom. The highest BCUT2D eigenvalue weighted by Gasteiger charge is 2.29. The number of imide groups is 1. The number of hydrazine groups is 1. The molecule has 12 nitrogen and oxygen atoms in total. The fourth-order valence-corrected chi connectivity index (χ4v) is 5.86. The molecule has 1 unspecified atom stereocenters. The number of rotatable bonds is 10. The van der Waals surface area contributed by atoms with Crippen LogP contribution in [0.5, 0.6) is 11.5 Å². The van der Waals surface area contributed by atoms with Gasteiger partial charge in [0.2, 0.25) is 11.8 Å². The van der Waals surface area contributed by atoms with Crippen molar-refractivity contribution in [3.63, 3.8) is 0 Å². The van der Waals surface area contributed by atoms with Crippen LogP contribution >= 0.6 is 0 Å². The molecular weight excluding hydrogens is 557 g/mol. The van der Waals surface area contributed by atoms with Crippen LogP contribution in [0.1, 0.15) is 42.6 Å². The number of hydrogen-bond acceptors (Lipinski definition) is 10. The first kappa shape index (κ1) is 30.5. The Morgan fingerprint density at radius 1 is 1.05 bits per heavy atom. The number of anilines is 2. The number of ether oxygens (including phenoxy) is 2. The van der Waals surface area contributed by atoms with Gasteiger partial charge in [0.05, 0.1) is 25.6 Å². The number of amides is 3. The largest absolute Gasteiger partial charge is 0.497 e. The molecule has 0 saturated carbocycles. The summed E-state index contributed by atoms with van der Waals surface area (Å²) in [5.41, 5.74) is 4.16. The van der Waals surface area contributed by atoms with Gasteiger partial charge < -0.3 is 19.7 Å². The third kappa shape index (κ3) is 7.71. The number of halogens is 1. The van der Waals surface area contributed by atoms with Crippen LogP contribution in [0, 0.1) is 11.7 Å². The maximum atomic E-state index is 15.2. The summed E-state index contributed by atoms with van der Waals surface area (Å²) in [6.07, 6.45) is 5.24. The van der Waals surface area contributed by atoms with Crippen molar-refractivity contribution in [2.75, 3.05) is 70.2 Å². The molecule has 4 heterocycles. The molecule has 0 aliphatic carbocycles. The molecule has 3 aliphatic heterocycles.